The summed E-state index contributed by atoms with van der Waals surface area (Å²) in [5, 5.41) is 0. The second-order valence-corrected chi connectivity index (χ2v) is 4.69. The minimum atomic E-state index is -0.565. The van der Waals surface area contributed by atoms with Crippen LogP contribution in [0.3, 0.4) is 0 Å². The number of nitrogens with two attached hydrogens (primary N) is 1. The summed E-state index contributed by atoms with van der Waals surface area (Å²) in [4.78, 5) is 25.1. The summed E-state index contributed by atoms with van der Waals surface area (Å²) in [6.07, 6.45) is 1.43. The molecular formula is C13H15ClN2O2. The Morgan fingerprint density at radius 3 is 2.78 bits per heavy atom. The van der Waals surface area contributed by atoms with Crippen LogP contribution in [0.2, 0.25) is 0 Å². The molecule has 0 saturated carbocycles. The number of fused-ring (bicyclic) bond motifs is 1. The van der Waals surface area contributed by atoms with Crippen molar-refractivity contribution in [2.24, 2.45) is 5.73 Å². The first-order chi connectivity index (χ1) is 8.65. The van der Waals surface area contributed by atoms with Gasteiger partial charge in [0, 0.05) is 24.4 Å². The fourth-order valence-corrected chi connectivity index (χ4v) is 2.39. The van der Waals surface area contributed by atoms with E-state index in [1.807, 2.05) is 24.3 Å². The monoisotopic (exact) mass is 266 g/mol. The number of hydrogen-bond acceptors (Lipinski definition) is 2. The predicted octanol–water partition coefficient (Wildman–Crippen LogP) is 1.45. The van der Waals surface area contributed by atoms with Crippen molar-refractivity contribution in [2.45, 2.75) is 25.3 Å². The Bertz CT molecular complexity index is 476. The minimum Gasteiger partial charge on any atom is -0.368 e. The summed E-state index contributed by atoms with van der Waals surface area (Å²) < 4.78 is 0. The van der Waals surface area contributed by atoms with Crippen molar-refractivity contribution >= 4 is 29.1 Å². The molecule has 0 aliphatic carbocycles. The summed E-state index contributed by atoms with van der Waals surface area (Å²) in [5.74, 6) is -0.127. The third kappa shape index (κ3) is 2.34. The van der Waals surface area contributed by atoms with Crippen LogP contribution in [0.4, 0.5) is 5.69 Å². The quantitative estimate of drug-likeness (QED) is 0.839. The highest BCUT2D eigenvalue weighted by atomic mass is 35.5. The lowest BCUT2D eigenvalue weighted by Gasteiger charge is -2.23. The van der Waals surface area contributed by atoms with E-state index in [0.29, 0.717) is 25.1 Å². The van der Waals surface area contributed by atoms with E-state index in [1.54, 1.807) is 0 Å². The molecule has 0 fully saturated rings. The molecule has 2 rings (SSSR count). The van der Waals surface area contributed by atoms with Crippen LogP contribution in [-0.2, 0) is 16.0 Å². The normalized spacial score (nSPS) is 17.6. The molecule has 1 unspecified atom stereocenters. The topological polar surface area (TPSA) is 63.4 Å². The standard InChI is InChI=1S/C13H15ClN2O2/c14-7-3-6-12(17)16-10-5-2-1-4-9(10)8-11(16)13(15)18/h1-2,4-5,11H,3,6-8H2,(H2,15,18). The highest BCUT2D eigenvalue weighted by Crippen LogP contribution is 2.32. The van der Waals surface area contributed by atoms with E-state index >= 15 is 0 Å². The molecule has 0 aromatic heterocycles. The van der Waals surface area contributed by atoms with Crippen LogP contribution >= 0.6 is 11.6 Å². The SMILES string of the molecule is NC(=O)C1Cc2ccccc2N1C(=O)CCCCl. The average Bonchev–Trinajstić information content (AvgIpc) is 2.75. The molecule has 4 nitrogen and oxygen atoms in total. The maximum absolute atomic E-state index is 12.1. The lowest BCUT2D eigenvalue weighted by Crippen LogP contribution is -2.46. The zero-order valence-electron chi connectivity index (χ0n) is 9.93. The fourth-order valence-electron chi connectivity index (χ4n) is 2.26. The van der Waals surface area contributed by atoms with E-state index in [1.165, 1.54) is 4.90 Å². The minimum absolute atomic E-state index is 0.0931. The van der Waals surface area contributed by atoms with Crippen molar-refractivity contribution in [1.29, 1.82) is 0 Å². The number of carbonyl (C=O) groups excluding carboxylic acids is 2. The maximum atomic E-state index is 12.1. The second kappa shape index (κ2) is 5.40. The van der Waals surface area contributed by atoms with Gasteiger partial charge in [0.2, 0.25) is 11.8 Å². The van der Waals surface area contributed by atoms with Gasteiger partial charge in [0.25, 0.3) is 0 Å². The van der Waals surface area contributed by atoms with Gasteiger partial charge in [-0.1, -0.05) is 18.2 Å². The van der Waals surface area contributed by atoms with E-state index in [0.717, 1.165) is 11.3 Å². The van der Waals surface area contributed by atoms with Crippen LogP contribution in [-0.4, -0.2) is 23.7 Å². The number of anilines is 1. The highest BCUT2D eigenvalue weighted by molar-refractivity contribution is 6.18. The van der Waals surface area contributed by atoms with Crippen molar-refractivity contribution in [2.75, 3.05) is 10.8 Å². The molecule has 96 valence electrons. The molecule has 1 aliphatic heterocycles. The number of rotatable bonds is 4. The number of amides is 2. The molecule has 5 heteroatoms. The molecule has 1 aromatic rings. The lowest BCUT2D eigenvalue weighted by molar-refractivity contribution is -0.124. The van der Waals surface area contributed by atoms with Crippen molar-refractivity contribution in [3.8, 4) is 0 Å². The van der Waals surface area contributed by atoms with Gasteiger partial charge in [0.05, 0.1) is 0 Å². The number of para-hydroxylation sites is 1. The largest absolute Gasteiger partial charge is 0.368 e. The molecule has 0 saturated heterocycles. The van der Waals surface area contributed by atoms with Gasteiger partial charge in [0.1, 0.15) is 6.04 Å². The molecule has 2 amide bonds. The van der Waals surface area contributed by atoms with Crippen LogP contribution in [0.5, 0.6) is 0 Å². The van der Waals surface area contributed by atoms with Gasteiger partial charge >= 0.3 is 0 Å². The number of hydrogen-bond donors (Lipinski definition) is 1. The Hall–Kier alpha value is -1.55. The molecule has 0 bridgehead atoms. The Kier molecular flexibility index (Phi) is 3.87. The smallest absolute Gasteiger partial charge is 0.240 e. The summed E-state index contributed by atoms with van der Waals surface area (Å²) in [7, 11) is 0. The van der Waals surface area contributed by atoms with Gasteiger partial charge in [-0.25, -0.2) is 0 Å². The molecule has 1 aromatic carbocycles. The Morgan fingerprint density at radius 2 is 2.11 bits per heavy atom. The molecule has 18 heavy (non-hydrogen) atoms. The summed E-state index contributed by atoms with van der Waals surface area (Å²) in [5.41, 5.74) is 7.15. The number of halogens is 1. The lowest BCUT2D eigenvalue weighted by atomic mass is 10.1. The zero-order valence-corrected chi connectivity index (χ0v) is 10.7. The summed E-state index contributed by atoms with van der Waals surface area (Å²) in [6, 6.07) is 6.94. The van der Waals surface area contributed by atoms with Crippen LogP contribution in [0.15, 0.2) is 24.3 Å². The Morgan fingerprint density at radius 1 is 1.39 bits per heavy atom. The van der Waals surface area contributed by atoms with Gasteiger partial charge < -0.3 is 5.73 Å². The van der Waals surface area contributed by atoms with E-state index in [4.69, 9.17) is 17.3 Å². The highest BCUT2D eigenvalue weighted by Gasteiger charge is 2.36. The van der Waals surface area contributed by atoms with E-state index in [-0.39, 0.29) is 5.91 Å². The first-order valence-corrected chi connectivity index (χ1v) is 6.44. The van der Waals surface area contributed by atoms with Crippen molar-refractivity contribution < 1.29 is 9.59 Å². The van der Waals surface area contributed by atoms with Crippen LogP contribution < -0.4 is 10.6 Å². The van der Waals surface area contributed by atoms with Crippen molar-refractivity contribution in [1.82, 2.24) is 0 Å². The first-order valence-electron chi connectivity index (χ1n) is 5.90. The fraction of sp³-hybridized carbons (Fsp3) is 0.385. The van der Waals surface area contributed by atoms with Gasteiger partial charge in [-0.15, -0.1) is 11.6 Å². The molecule has 1 atom stereocenters. The van der Waals surface area contributed by atoms with Gasteiger partial charge in [-0.3, -0.25) is 14.5 Å². The van der Waals surface area contributed by atoms with Crippen LogP contribution in [0, 0.1) is 0 Å². The van der Waals surface area contributed by atoms with Gasteiger partial charge in [-0.05, 0) is 18.1 Å². The van der Waals surface area contributed by atoms with E-state index in [9.17, 15) is 9.59 Å². The Balaban J connectivity index is 2.28. The third-order valence-electron chi connectivity index (χ3n) is 3.10. The summed E-state index contributed by atoms with van der Waals surface area (Å²) in [6.45, 7) is 0. The van der Waals surface area contributed by atoms with Crippen molar-refractivity contribution in [3.63, 3.8) is 0 Å². The van der Waals surface area contributed by atoms with Gasteiger partial charge in [0.15, 0.2) is 0 Å². The number of primary amides is 1. The first kappa shape index (κ1) is 12.9. The zero-order chi connectivity index (χ0) is 13.1. The molecule has 0 radical (unpaired) electrons. The average molecular weight is 267 g/mol. The Labute approximate surface area is 111 Å². The molecule has 1 aliphatic rings. The molecule has 0 spiro atoms. The van der Waals surface area contributed by atoms with Gasteiger partial charge in [-0.2, -0.15) is 0 Å². The maximum Gasteiger partial charge on any atom is 0.240 e. The van der Waals surface area contributed by atoms with Crippen LogP contribution in [0.1, 0.15) is 18.4 Å². The number of benzene rings is 1. The van der Waals surface area contributed by atoms with Crippen LogP contribution in [0.25, 0.3) is 0 Å². The number of carbonyl (C=O) groups is 2. The second-order valence-electron chi connectivity index (χ2n) is 4.31. The molecule has 1 heterocycles. The number of nitrogens with zero attached hydrogens (tertiary/aromatic N) is 1. The predicted molar refractivity (Wildman–Crippen MR) is 70.6 cm³/mol. The van der Waals surface area contributed by atoms with Crippen molar-refractivity contribution in [3.05, 3.63) is 29.8 Å². The van der Waals surface area contributed by atoms with E-state index < -0.39 is 11.9 Å². The third-order valence-corrected chi connectivity index (χ3v) is 3.36. The summed E-state index contributed by atoms with van der Waals surface area (Å²) >= 11 is 5.59. The molecule has 2 N–H and O–H groups in total. The molecular weight excluding hydrogens is 252 g/mol. The number of alkyl halides is 1. The van der Waals surface area contributed by atoms with E-state index in [2.05, 4.69) is 0 Å².